The maximum atomic E-state index is 12.3. The molecular weight excluding hydrogens is 366 g/mol. The Labute approximate surface area is 170 Å². The van der Waals surface area contributed by atoms with Gasteiger partial charge in [-0.15, -0.1) is 0 Å². The molecule has 0 unspecified atom stereocenters. The number of hydrogen-bond donors (Lipinski definition) is 2. The normalized spacial score (nSPS) is 10.4. The number of aromatic nitrogens is 1. The van der Waals surface area contributed by atoms with Crippen LogP contribution in [0.25, 0.3) is 0 Å². The highest BCUT2D eigenvalue weighted by Gasteiger charge is 2.09. The van der Waals surface area contributed by atoms with Gasteiger partial charge >= 0.3 is 6.03 Å². The molecule has 0 aliphatic carbocycles. The van der Waals surface area contributed by atoms with Crippen LogP contribution in [0.1, 0.15) is 25.1 Å². The molecule has 6 nitrogen and oxygen atoms in total. The number of ether oxygens (including phenoxy) is 2. The SMILES string of the molecule is CC(C)Oc1ccccc1NC(=O)NCc1cccc(OCc2ccccn2)c1. The second kappa shape index (κ2) is 10.1. The van der Waals surface area contributed by atoms with E-state index in [1.54, 1.807) is 6.20 Å². The lowest BCUT2D eigenvalue weighted by Gasteiger charge is -2.15. The van der Waals surface area contributed by atoms with E-state index in [1.807, 2.05) is 80.6 Å². The number of carbonyl (C=O) groups excluding carboxylic acids is 1. The smallest absolute Gasteiger partial charge is 0.319 e. The van der Waals surface area contributed by atoms with Crippen LogP contribution in [0.3, 0.4) is 0 Å². The number of carbonyl (C=O) groups is 1. The van der Waals surface area contributed by atoms with Crippen LogP contribution in [0.2, 0.25) is 0 Å². The molecule has 0 aliphatic rings. The number of anilines is 1. The minimum Gasteiger partial charge on any atom is -0.489 e. The summed E-state index contributed by atoms with van der Waals surface area (Å²) in [6.45, 7) is 4.66. The number of hydrogen-bond acceptors (Lipinski definition) is 4. The van der Waals surface area contributed by atoms with Gasteiger partial charge in [-0.3, -0.25) is 4.98 Å². The fourth-order valence-corrected chi connectivity index (χ4v) is 2.66. The largest absolute Gasteiger partial charge is 0.489 e. The van der Waals surface area contributed by atoms with Gasteiger partial charge in [0.2, 0.25) is 0 Å². The first-order chi connectivity index (χ1) is 14.1. The molecule has 3 rings (SSSR count). The van der Waals surface area contributed by atoms with Crippen molar-refractivity contribution in [3.63, 3.8) is 0 Å². The molecule has 0 aliphatic heterocycles. The zero-order valence-corrected chi connectivity index (χ0v) is 16.6. The zero-order valence-electron chi connectivity index (χ0n) is 16.6. The molecule has 6 heteroatoms. The van der Waals surface area contributed by atoms with Crippen LogP contribution < -0.4 is 20.1 Å². The van der Waals surface area contributed by atoms with E-state index in [0.717, 1.165) is 17.0 Å². The van der Waals surface area contributed by atoms with Gasteiger partial charge in [0.15, 0.2) is 0 Å². The number of amides is 2. The first-order valence-corrected chi connectivity index (χ1v) is 9.52. The highest BCUT2D eigenvalue weighted by Crippen LogP contribution is 2.24. The molecule has 0 radical (unpaired) electrons. The second-order valence-electron chi connectivity index (χ2n) is 6.73. The average Bonchev–Trinajstić information content (AvgIpc) is 2.73. The molecule has 0 bridgehead atoms. The Hall–Kier alpha value is -3.54. The number of benzene rings is 2. The van der Waals surface area contributed by atoms with Crippen LogP contribution in [0.4, 0.5) is 10.5 Å². The van der Waals surface area contributed by atoms with Crippen molar-refractivity contribution in [3.05, 3.63) is 84.2 Å². The standard InChI is InChI=1S/C23H25N3O3/c1-17(2)29-22-12-4-3-11-21(22)26-23(27)25-15-18-8-7-10-20(14-18)28-16-19-9-5-6-13-24-19/h3-14,17H,15-16H2,1-2H3,(H2,25,26,27). The minimum atomic E-state index is -0.301. The Morgan fingerprint density at radius 2 is 1.86 bits per heavy atom. The molecule has 0 spiro atoms. The first-order valence-electron chi connectivity index (χ1n) is 9.52. The summed E-state index contributed by atoms with van der Waals surface area (Å²) in [5.41, 5.74) is 2.43. The van der Waals surface area contributed by atoms with Crippen LogP contribution >= 0.6 is 0 Å². The number of pyridine rings is 1. The van der Waals surface area contributed by atoms with Crippen molar-refractivity contribution in [1.82, 2.24) is 10.3 Å². The summed E-state index contributed by atoms with van der Waals surface area (Å²) in [7, 11) is 0. The highest BCUT2D eigenvalue weighted by molar-refractivity contribution is 5.90. The second-order valence-corrected chi connectivity index (χ2v) is 6.73. The van der Waals surface area contributed by atoms with Crippen LogP contribution in [0, 0.1) is 0 Å². The summed E-state index contributed by atoms with van der Waals surface area (Å²) >= 11 is 0. The molecule has 2 amide bonds. The topological polar surface area (TPSA) is 72.5 Å². The summed E-state index contributed by atoms with van der Waals surface area (Å²) in [4.78, 5) is 16.5. The van der Waals surface area contributed by atoms with Gasteiger partial charge in [-0.2, -0.15) is 0 Å². The quantitative estimate of drug-likeness (QED) is 0.580. The van der Waals surface area contributed by atoms with E-state index < -0.39 is 0 Å². The number of para-hydroxylation sites is 2. The Morgan fingerprint density at radius 3 is 2.66 bits per heavy atom. The van der Waals surface area contributed by atoms with E-state index in [4.69, 9.17) is 9.47 Å². The lowest BCUT2D eigenvalue weighted by atomic mass is 10.2. The van der Waals surface area contributed by atoms with Crippen LogP contribution in [-0.4, -0.2) is 17.1 Å². The van der Waals surface area contributed by atoms with Crippen molar-refractivity contribution >= 4 is 11.7 Å². The van der Waals surface area contributed by atoms with E-state index in [-0.39, 0.29) is 12.1 Å². The summed E-state index contributed by atoms with van der Waals surface area (Å²) in [6.07, 6.45) is 1.76. The summed E-state index contributed by atoms with van der Waals surface area (Å²) in [5, 5.41) is 5.69. The van der Waals surface area contributed by atoms with Gasteiger partial charge in [-0.25, -0.2) is 4.79 Å². The lowest BCUT2D eigenvalue weighted by molar-refractivity contribution is 0.241. The van der Waals surface area contributed by atoms with Crippen molar-refractivity contribution in [2.24, 2.45) is 0 Å². The molecule has 0 atom stereocenters. The molecule has 2 aromatic carbocycles. The fourth-order valence-electron chi connectivity index (χ4n) is 2.66. The molecule has 2 N–H and O–H groups in total. The third-order valence-corrected chi connectivity index (χ3v) is 3.96. The number of rotatable bonds is 8. The molecule has 0 fully saturated rings. The zero-order chi connectivity index (χ0) is 20.5. The maximum Gasteiger partial charge on any atom is 0.319 e. The van der Waals surface area contributed by atoms with E-state index in [2.05, 4.69) is 15.6 Å². The molecule has 1 aromatic heterocycles. The molecule has 0 saturated carbocycles. The predicted molar refractivity (Wildman–Crippen MR) is 113 cm³/mol. The van der Waals surface area contributed by atoms with Gasteiger partial charge in [0.05, 0.1) is 17.5 Å². The molecule has 0 saturated heterocycles. The van der Waals surface area contributed by atoms with Crippen LogP contribution in [-0.2, 0) is 13.2 Å². The number of urea groups is 1. The van der Waals surface area contributed by atoms with Gasteiger partial charge in [0.1, 0.15) is 18.1 Å². The van der Waals surface area contributed by atoms with Gasteiger partial charge in [0.25, 0.3) is 0 Å². The van der Waals surface area contributed by atoms with Crippen molar-refractivity contribution in [3.8, 4) is 11.5 Å². The Morgan fingerprint density at radius 1 is 1.03 bits per heavy atom. The molecule has 1 heterocycles. The lowest BCUT2D eigenvalue weighted by Crippen LogP contribution is -2.28. The fraction of sp³-hybridized carbons (Fsp3) is 0.217. The molecular formula is C23H25N3O3. The first kappa shape index (κ1) is 20.2. The molecule has 3 aromatic rings. The summed E-state index contributed by atoms with van der Waals surface area (Å²) in [5.74, 6) is 1.37. The third kappa shape index (κ3) is 6.53. The maximum absolute atomic E-state index is 12.3. The van der Waals surface area contributed by atoms with E-state index in [0.29, 0.717) is 24.6 Å². The van der Waals surface area contributed by atoms with Gasteiger partial charge < -0.3 is 20.1 Å². The van der Waals surface area contributed by atoms with Gasteiger partial charge in [0, 0.05) is 12.7 Å². The number of nitrogens with zero attached hydrogens (tertiary/aromatic N) is 1. The van der Waals surface area contributed by atoms with E-state index in [9.17, 15) is 4.79 Å². The predicted octanol–water partition coefficient (Wildman–Crippen LogP) is 4.77. The van der Waals surface area contributed by atoms with Crippen LogP contribution in [0.5, 0.6) is 11.5 Å². The summed E-state index contributed by atoms with van der Waals surface area (Å²) in [6, 6.07) is 20.4. The van der Waals surface area contributed by atoms with Crippen LogP contribution in [0.15, 0.2) is 72.9 Å². The van der Waals surface area contributed by atoms with Gasteiger partial charge in [-0.05, 0) is 55.8 Å². The third-order valence-electron chi connectivity index (χ3n) is 3.96. The Balaban J connectivity index is 1.53. The van der Waals surface area contributed by atoms with Crippen molar-refractivity contribution in [2.45, 2.75) is 33.1 Å². The monoisotopic (exact) mass is 391 g/mol. The van der Waals surface area contributed by atoms with E-state index >= 15 is 0 Å². The minimum absolute atomic E-state index is 0.0230. The molecule has 29 heavy (non-hydrogen) atoms. The van der Waals surface area contributed by atoms with Crippen molar-refractivity contribution in [1.29, 1.82) is 0 Å². The van der Waals surface area contributed by atoms with E-state index in [1.165, 1.54) is 0 Å². The molecule has 150 valence electrons. The van der Waals surface area contributed by atoms with Crippen molar-refractivity contribution < 1.29 is 14.3 Å². The van der Waals surface area contributed by atoms with Gasteiger partial charge in [-0.1, -0.05) is 30.3 Å². The summed E-state index contributed by atoms with van der Waals surface area (Å²) < 4.78 is 11.5. The Kier molecular flexibility index (Phi) is 7.05. The Bertz CT molecular complexity index is 929. The highest BCUT2D eigenvalue weighted by atomic mass is 16.5. The number of nitrogens with one attached hydrogen (secondary N) is 2. The average molecular weight is 391 g/mol. The van der Waals surface area contributed by atoms with Crippen molar-refractivity contribution in [2.75, 3.05) is 5.32 Å².